The molecule has 4 fully saturated rings. The molecule has 0 radical (unpaired) electrons. The third-order valence-electron chi connectivity index (χ3n) is 11.9. The van der Waals surface area contributed by atoms with Crippen molar-refractivity contribution in [2.75, 3.05) is 26.2 Å². The van der Waals surface area contributed by atoms with Crippen LogP contribution in [0.15, 0.2) is 61.3 Å². The number of hydrogen-bond acceptors (Lipinski definition) is 4. The second-order valence-corrected chi connectivity index (χ2v) is 23.5. The summed E-state index contributed by atoms with van der Waals surface area (Å²) in [7, 11) is 19.8. The molecule has 0 N–H and O–H groups in total. The molecule has 9 rings (SSSR count). The number of rotatable bonds is 4. The molecular weight excluding hydrogens is 793 g/mol. The third-order valence-corrected chi connectivity index (χ3v) is 11.9. The molecule has 8 aliphatic heterocycles. The zero-order chi connectivity index (χ0) is 33.0. The molecule has 258 valence electrons. The summed E-state index contributed by atoms with van der Waals surface area (Å²) in [5, 5.41) is 20.9. The fourth-order valence-corrected chi connectivity index (χ4v) is 9.92. The quantitative estimate of drug-likeness (QED) is 0.210. The van der Waals surface area contributed by atoms with Gasteiger partial charge in [-0.25, -0.2) is 0 Å². The van der Waals surface area contributed by atoms with Crippen LogP contribution >= 0.6 is 38.8 Å². The summed E-state index contributed by atoms with van der Waals surface area (Å²) in [6.45, 7) is 3.82. The van der Waals surface area contributed by atoms with Crippen LogP contribution in [0.3, 0.4) is 0 Å². The summed E-state index contributed by atoms with van der Waals surface area (Å²) < 4.78 is 0. The van der Waals surface area contributed by atoms with Crippen molar-refractivity contribution in [2.45, 2.75) is 100 Å². The van der Waals surface area contributed by atoms with E-state index in [0.29, 0.717) is 66.3 Å². The van der Waals surface area contributed by atoms with E-state index in [-0.39, 0.29) is 6.17 Å². The van der Waals surface area contributed by atoms with Gasteiger partial charge in [0, 0.05) is 24.2 Å². The Kier molecular flexibility index (Phi) is 13.2. The van der Waals surface area contributed by atoms with Crippen molar-refractivity contribution in [3.8, 4) is 0 Å². The van der Waals surface area contributed by atoms with Crippen molar-refractivity contribution < 1.29 is 30.3 Å². The predicted octanol–water partition coefficient (Wildman–Crippen LogP) is 8.54. The van der Waals surface area contributed by atoms with Crippen molar-refractivity contribution in [3.63, 3.8) is 0 Å². The summed E-state index contributed by atoms with van der Waals surface area (Å²) in [5.74, 6) is 2.09. The van der Waals surface area contributed by atoms with E-state index in [1.54, 1.807) is 0 Å². The minimum atomic E-state index is -0.931. The molecule has 0 aromatic carbocycles. The van der Waals surface area contributed by atoms with E-state index in [2.05, 4.69) is 80.9 Å². The Bertz CT molecular complexity index is 1220. The predicted molar refractivity (Wildman–Crippen MR) is 191 cm³/mol. The van der Waals surface area contributed by atoms with E-state index in [1.807, 2.05) is 0 Å². The van der Waals surface area contributed by atoms with E-state index >= 15 is 0 Å². The molecule has 0 amide bonds. The van der Waals surface area contributed by atoms with Crippen LogP contribution < -0.4 is 0 Å². The standard InChI is InChI=1S/C34H46N8.4ClH.2Zn/c1-5-23-9-17-39(31(23)35-13-1)27-21-29(41-19-11-25-7-3-15-37-33(25)41)30(42-20-12-26-8-4-16-38-34(26)42)22-28(27)40-18-10-24-6-2-14-36-32(24)40;;;;;;/h1,5,9-12,17-20,23-34H,2-4,6-8,13-16,21-22H2;4*1H;;/q-4;;;;;2*+2/p-4. The van der Waals surface area contributed by atoms with Gasteiger partial charge in [-0.3, -0.25) is 0 Å². The summed E-state index contributed by atoms with van der Waals surface area (Å²) in [4.78, 5) is 10.8. The summed E-state index contributed by atoms with van der Waals surface area (Å²) in [6.07, 6.45) is 34.9. The van der Waals surface area contributed by atoms with Gasteiger partial charge in [-0.15, -0.1) is 32.3 Å². The SMILES string of the molecule is C1=CC2C=CN(C3CC(N4C=CC5CCC[N-]C54)C(N4C=CC5CCC[N-]C54)CC3N3C=CC4CCC[N-]C43)C2[N-]C1.[Cl][Zn][Cl].[Cl][Zn][Cl]. The van der Waals surface area contributed by atoms with Crippen LogP contribution in [0.4, 0.5) is 0 Å². The molecule has 8 heterocycles. The third kappa shape index (κ3) is 7.48. The zero-order valence-corrected chi connectivity index (χ0v) is 36.6. The molecule has 0 bridgehead atoms. The van der Waals surface area contributed by atoms with Gasteiger partial charge in [-0.2, -0.15) is 0 Å². The average molecular weight is 839 g/mol. The first-order valence-corrected chi connectivity index (χ1v) is 33.7. The van der Waals surface area contributed by atoms with Crippen LogP contribution in [-0.2, 0) is 30.3 Å². The van der Waals surface area contributed by atoms with Crippen molar-refractivity contribution in [1.29, 1.82) is 0 Å². The molecule has 0 spiro atoms. The molecule has 14 heteroatoms. The zero-order valence-electron chi connectivity index (χ0n) is 27.7. The van der Waals surface area contributed by atoms with Gasteiger partial charge in [-0.05, 0) is 80.6 Å². The first kappa shape index (κ1) is 36.5. The summed E-state index contributed by atoms with van der Waals surface area (Å²) >= 11 is -1.86. The molecular formula is C34H46Cl4N8Zn2-4. The van der Waals surface area contributed by atoms with E-state index < -0.39 is 30.3 Å². The Morgan fingerprint density at radius 2 is 0.854 bits per heavy atom. The fourth-order valence-electron chi connectivity index (χ4n) is 9.92. The number of nitrogens with zero attached hydrogens (tertiary/aromatic N) is 8. The molecule has 0 aromatic heterocycles. The van der Waals surface area contributed by atoms with Crippen molar-refractivity contribution in [3.05, 3.63) is 82.5 Å². The Hall–Kier alpha value is 0.147. The van der Waals surface area contributed by atoms with Gasteiger partial charge in [0.1, 0.15) is 0 Å². The van der Waals surface area contributed by atoms with Gasteiger partial charge in [0.15, 0.2) is 0 Å². The van der Waals surface area contributed by atoms with Crippen LogP contribution in [0.1, 0.15) is 51.4 Å². The van der Waals surface area contributed by atoms with E-state index in [1.165, 1.54) is 38.5 Å². The van der Waals surface area contributed by atoms with Crippen LogP contribution in [0.25, 0.3) is 21.3 Å². The first-order chi connectivity index (χ1) is 23.7. The Morgan fingerprint density at radius 1 is 0.479 bits per heavy atom. The first-order valence-electron chi connectivity index (χ1n) is 18.1. The van der Waals surface area contributed by atoms with Crippen LogP contribution in [0.5, 0.6) is 0 Å². The maximum atomic E-state index is 5.24. The topological polar surface area (TPSA) is 69.4 Å². The van der Waals surface area contributed by atoms with Crippen LogP contribution in [0.2, 0.25) is 0 Å². The van der Waals surface area contributed by atoms with E-state index in [0.717, 1.165) is 39.0 Å². The summed E-state index contributed by atoms with van der Waals surface area (Å²) in [5.41, 5.74) is 0. The Labute approximate surface area is 318 Å². The van der Waals surface area contributed by atoms with E-state index in [4.69, 9.17) is 60.0 Å². The Morgan fingerprint density at radius 3 is 1.27 bits per heavy atom. The molecule has 9 aliphatic rings. The molecule has 0 aromatic rings. The van der Waals surface area contributed by atoms with Crippen molar-refractivity contribution in [1.82, 2.24) is 19.6 Å². The second-order valence-electron chi connectivity index (χ2n) is 14.3. The van der Waals surface area contributed by atoms with E-state index in [9.17, 15) is 0 Å². The van der Waals surface area contributed by atoms with Gasteiger partial charge in [0.05, 0.1) is 0 Å². The van der Waals surface area contributed by atoms with Gasteiger partial charge >= 0.3 is 69.1 Å². The number of hydrogen-bond donors (Lipinski definition) is 0. The van der Waals surface area contributed by atoms with Gasteiger partial charge in [0.25, 0.3) is 0 Å². The number of fused-ring (bicyclic) bond motifs is 4. The molecule has 48 heavy (non-hydrogen) atoms. The summed E-state index contributed by atoms with van der Waals surface area (Å²) in [6, 6.07) is 1.53. The molecule has 1 aliphatic carbocycles. The molecule has 12 atom stereocenters. The normalized spacial score (nSPS) is 41.8. The monoisotopic (exact) mass is 834 g/mol. The molecule has 8 nitrogen and oxygen atoms in total. The van der Waals surface area contributed by atoms with Gasteiger partial charge < -0.3 is 40.9 Å². The molecule has 12 unspecified atom stereocenters. The fraction of sp³-hybridized carbons (Fsp3) is 0.706. The van der Waals surface area contributed by atoms with Crippen molar-refractivity contribution >= 4 is 38.8 Å². The molecule has 1 saturated carbocycles. The Balaban J connectivity index is 0.000000568. The second kappa shape index (κ2) is 17.3. The van der Waals surface area contributed by atoms with Crippen LogP contribution in [-0.4, -0.2) is 94.6 Å². The van der Waals surface area contributed by atoms with Gasteiger partial charge in [0.2, 0.25) is 0 Å². The minimum absolute atomic E-state index is 0.219. The average Bonchev–Trinajstić information content (AvgIpc) is 3.93. The van der Waals surface area contributed by atoms with Crippen molar-refractivity contribution in [2.24, 2.45) is 23.7 Å². The maximum absolute atomic E-state index is 5.24. The van der Waals surface area contributed by atoms with Crippen LogP contribution in [0, 0.1) is 23.7 Å². The number of piperidine rings is 3. The number of halogens is 4. The van der Waals surface area contributed by atoms with Gasteiger partial charge in [-0.1, -0.05) is 74.3 Å². The molecule has 3 saturated heterocycles.